The maximum absolute atomic E-state index is 5.90. The Morgan fingerprint density at radius 2 is 1.97 bits per heavy atom. The molecule has 0 aliphatic carbocycles. The van der Waals surface area contributed by atoms with Gasteiger partial charge in [0, 0.05) is 37.0 Å². The summed E-state index contributed by atoms with van der Waals surface area (Å²) in [6.45, 7) is 1.55. The summed E-state index contributed by atoms with van der Waals surface area (Å²) in [6, 6.07) is 13.8. The van der Waals surface area contributed by atoms with Gasteiger partial charge in [-0.1, -0.05) is 12.1 Å². The first-order chi connectivity index (χ1) is 14.7. The molecule has 0 aromatic heterocycles. The first-order valence-corrected chi connectivity index (χ1v) is 10.7. The average Bonchev–Trinajstić information content (AvgIpc) is 2.79. The van der Waals surface area contributed by atoms with Gasteiger partial charge in [0.1, 0.15) is 12.0 Å². The lowest BCUT2D eigenvalue weighted by atomic mass is 10.1. The Labute approximate surface area is 181 Å². The lowest BCUT2D eigenvalue weighted by Crippen LogP contribution is -2.33. The minimum atomic E-state index is -0.0364. The lowest BCUT2D eigenvalue weighted by molar-refractivity contribution is 0.117. The molecule has 0 radical (unpaired) electrons. The molecule has 1 atom stereocenters. The molecule has 2 aliphatic heterocycles. The normalized spacial score (nSPS) is 18.0. The van der Waals surface area contributed by atoms with E-state index in [4.69, 9.17) is 18.5 Å². The van der Waals surface area contributed by atoms with Crippen molar-refractivity contribution in [3.8, 4) is 11.5 Å². The van der Waals surface area contributed by atoms with E-state index in [1.165, 1.54) is 17.6 Å². The Morgan fingerprint density at radius 1 is 1.13 bits per heavy atom. The fourth-order valence-corrected chi connectivity index (χ4v) is 3.97. The third kappa shape index (κ3) is 5.11. The number of methoxy groups -OCH3 is 1. The van der Waals surface area contributed by atoms with E-state index < -0.39 is 0 Å². The number of nitrogens with one attached hydrogen (secondary N) is 1. The number of hydrogen-bond donors (Lipinski definition) is 1. The second-order valence-corrected chi connectivity index (χ2v) is 7.90. The smallest absolute Gasteiger partial charge is 0.158 e. The van der Waals surface area contributed by atoms with Crippen molar-refractivity contribution in [3.63, 3.8) is 0 Å². The van der Waals surface area contributed by atoms with Crippen LogP contribution in [0.1, 0.15) is 18.4 Å². The number of likely N-dealkylation sites (N-methyl/N-ethyl adjacent to an activating group) is 1. The molecule has 158 valence electrons. The van der Waals surface area contributed by atoms with Gasteiger partial charge in [0.25, 0.3) is 0 Å². The molecule has 6 nitrogen and oxygen atoms in total. The van der Waals surface area contributed by atoms with E-state index in [0.717, 1.165) is 48.0 Å². The second kappa shape index (κ2) is 9.93. The van der Waals surface area contributed by atoms with Crippen molar-refractivity contribution < 1.29 is 18.5 Å². The first kappa shape index (κ1) is 20.7. The Bertz CT molecular complexity index is 923. The monoisotopic (exact) mass is 426 g/mol. The fourth-order valence-electron chi connectivity index (χ4n) is 3.37. The van der Waals surface area contributed by atoms with Crippen LogP contribution in [-0.4, -0.2) is 33.6 Å². The highest BCUT2D eigenvalue weighted by Gasteiger charge is 2.18. The summed E-state index contributed by atoms with van der Waals surface area (Å²) in [7, 11) is 3.74. The van der Waals surface area contributed by atoms with Crippen LogP contribution in [0.5, 0.6) is 11.5 Å². The molecule has 1 fully saturated rings. The average molecular weight is 427 g/mol. The predicted octanol–water partition coefficient (Wildman–Crippen LogP) is 4.79. The summed E-state index contributed by atoms with van der Waals surface area (Å²) < 4.78 is 16.7. The quantitative estimate of drug-likeness (QED) is 0.505. The summed E-state index contributed by atoms with van der Waals surface area (Å²) >= 11 is 1.32. The van der Waals surface area contributed by atoms with Crippen LogP contribution in [0.3, 0.4) is 0 Å². The van der Waals surface area contributed by atoms with Crippen LogP contribution in [0.2, 0.25) is 0 Å². The van der Waals surface area contributed by atoms with Gasteiger partial charge in [-0.2, -0.15) is 0 Å². The molecule has 0 bridgehead atoms. The lowest BCUT2D eigenvalue weighted by Gasteiger charge is -2.31. The number of hydrogen-bond acceptors (Lipinski definition) is 7. The summed E-state index contributed by atoms with van der Waals surface area (Å²) in [6.07, 6.45) is 7.88. The van der Waals surface area contributed by atoms with Gasteiger partial charge < -0.3 is 23.4 Å². The Balaban J connectivity index is 1.33. The van der Waals surface area contributed by atoms with Gasteiger partial charge in [0.2, 0.25) is 0 Å². The highest BCUT2D eigenvalue weighted by molar-refractivity contribution is 7.95. The number of anilines is 1. The van der Waals surface area contributed by atoms with Crippen molar-refractivity contribution in [2.45, 2.75) is 24.0 Å². The molecule has 7 heteroatoms. The molecule has 1 unspecified atom stereocenters. The van der Waals surface area contributed by atoms with Crippen LogP contribution >= 0.6 is 12.0 Å². The molecule has 1 N–H and O–H groups in total. The second-order valence-electron chi connectivity index (χ2n) is 7.09. The topological polar surface area (TPSA) is 52.2 Å². The molecule has 2 aliphatic rings. The van der Waals surface area contributed by atoms with E-state index in [1.807, 2.05) is 49.7 Å². The van der Waals surface area contributed by atoms with Crippen LogP contribution in [0.15, 0.2) is 65.2 Å². The molecule has 2 aromatic carbocycles. The number of rotatable bonds is 7. The van der Waals surface area contributed by atoms with Crippen LogP contribution in [0.4, 0.5) is 5.69 Å². The van der Waals surface area contributed by atoms with Crippen molar-refractivity contribution in [1.82, 2.24) is 5.48 Å². The van der Waals surface area contributed by atoms with E-state index in [2.05, 4.69) is 28.6 Å². The number of ether oxygens (including phenoxy) is 2. The Morgan fingerprint density at radius 3 is 2.80 bits per heavy atom. The number of hydroxylamine groups is 1. The summed E-state index contributed by atoms with van der Waals surface area (Å²) in [4.78, 5) is 8.76. The van der Waals surface area contributed by atoms with E-state index in [-0.39, 0.29) is 6.23 Å². The van der Waals surface area contributed by atoms with Crippen LogP contribution in [0.25, 0.3) is 6.08 Å². The minimum Gasteiger partial charge on any atom is -0.420 e. The number of fused-ring (bicyclic) bond motifs is 1. The first-order valence-electron chi connectivity index (χ1n) is 9.93. The third-order valence-electron chi connectivity index (χ3n) is 5.06. The SMILES string of the molecule is COC1C=Cc2cc(SOc3cccc(ONC=C4CCOCC4)c3)ccc2N1C. The summed E-state index contributed by atoms with van der Waals surface area (Å²) in [5, 5.41) is 0. The van der Waals surface area contributed by atoms with E-state index in [0.29, 0.717) is 5.75 Å². The largest absolute Gasteiger partial charge is 0.420 e. The van der Waals surface area contributed by atoms with Crippen LogP contribution in [0, 0.1) is 0 Å². The molecule has 4 rings (SSSR count). The molecule has 30 heavy (non-hydrogen) atoms. The molecule has 2 heterocycles. The van der Waals surface area contributed by atoms with E-state index >= 15 is 0 Å². The maximum Gasteiger partial charge on any atom is 0.158 e. The maximum atomic E-state index is 5.90. The molecule has 2 aromatic rings. The van der Waals surface area contributed by atoms with Gasteiger partial charge >= 0.3 is 0 Å². The van der Waals surface area contributed by atoms with E-state index in [9.17, 15) is 0 Å². The summed E-state index contributed by atoms with van der Waals surface area (Å²) in [5.41, 5.74) is 6.49. The molecule has 1 saturated heterocycles. The zero-order valence-corrected chi connectivity index (χ0v) is 18.0. The molecular weight excluding hydrogens is 400 g/mol. The van der Waals surface area contributed by atoms with Crippen molar-refractivity contribution in [2.24, 2.45) is 0 Å². The fraction of sp³-hybridized carbons (Fsp3) is 0.304. The predicted molar refractivity (Wildman–Crippen MR) is 120 cm³/mol. The van der Waals surface area contributed by atoms with Gasteiger partial charge in [-0.05, 0) is 60.4 Å². The van der Waals surface area contributed by atoms with Crippen LogP contribution < -0.4 is 19.4 Å². The molecule has 0 amide bonds. The third-order valence-corrected chi connectivity index (χ3v) is 5.78. The Kier molecular flexibility index (Phi) is 6.84. The molecular formula is C23H26N2O4S. The summed E-state index contributed by atoms with van der Waals surface area (Å²) in [5.74, 6) is 1.42. The van der Waals surface area contributed by atoms with Crippen LogP contribution in [-0.2, 0) is 9.47 Å². The highest BCUT2D eigenvalue weighted by Crippen LogP contribution is 2.33. The molecule has 0 saturated carbocycles. The van der Waals surface area contributed by atoms with Gasteiger partial charge in [0.05, 0.1) is 25.3 Å². The highest BCUT2D eigenvalue weighted by atomic mass is 32.2. The van der Waals surface area contributed by atoms with E-state index in [1.54, 1.807) is 7.11 Å². The number of benzene rings is 2. The zero-order chi connectivity index (χ0) is 20.8. The van der Waals surface area contributed by atoms with Gasteiger partial charge in [-0.15, -0.1) is 0 Å². The van der Waals surface area contributed by atoms with Crippen molar-refractivity contribution >= 4 is 23.8 Å². The van der Waals surface area contributed by atoms with Crippen molar-refractivity contribution in [1.29, 1.82) is 0 Å². The number of nitrogens with zero attached hydrogens (tertiary/aromatic N) is 1. The van der Waals surface area contributed by atoms with Gasteiger partial charge in [-0.25, -0.2) is 5.48 Å². The van der Waals surface area contributed by atoms with Crippen molar-refractivity contribution in [3.05, 3.63) is 65.9 Å². The molecule has 0 spiro atoms. The van der Waals surface area contributed by atoms with Gasteiger partial charge in [0.15, 0.2) is 5.75 Å². The minimum absolute atomic E-state index is 0.0364. The zero-order valence-electron chi connectivity index (χ0n) is 17.2. The van der Waals surface area contributed by atoms with Gasteiger partial charge in [-0.3, -0.25) is 0 Å². The van der Waals surface area contributed by atoms with Crippen molar-refractivity contribution in [2.75, 3.05) is 32.3 Å². The Hall–Kier alpha value is -2.61. The standard InChI is InChI=1S/C23H26N2O4S/c1-25-22-8-7-21(14-18(22)6-9-23(25)26-2)30-29-20-5-3-4-19(15-20)28-24-16-17-10-12-27-13-11-17/h3-9,14-16,23-24H,10-13H2,1-2H3.